The zero-order valence-corrected chi connectivity index (χ0v) is 16.4. The van der Waals surface area contributed by atoms with Crippen LogP contribution in [0.15, 0.2) is 48.5 Å². The number of rotatable bonds is 5. The number of aryl methyl sites for hydroxylation is 3. The van der Waals surface area contributed by atoms with Gasteiger partial charge in [0, 0.05) is 0 Å². The molecule has 2 aromatic carbocycles. The molecule has 28 heavy (non-hydrogen) atoms. The summed E-state index contributed by atoms with van der Waals surface area (Å²) in [6.45, 7) is 7.20. The van der Waals surface area contributed by atoms with Crippen molar-refractivity contribution in [1.82, 2.24) is 9.78 Å². The molecule has 0 aliphatic rings. The highest BCUT2D eigenvalue weighted by molar-refractivity contribution is 5.96. The first-order valence-electron chi connectivity index (χ1n) is 9.02. The highest BCUT2D eigenvalue weighted by atomic mass is 16.5. The fourth-order valence-corrected chi connectivity index (χ4v) is 2.95. The zero-order chi connectivity index (χ0) is 20.3. The monoisotopic (exact) mass is 377 g/mol. The molecule has 6 nitrogen and oxygen atoms in total. The van der Waals surface area contributed by atoms with E-state index in [1.165, 1.54) is 0 Å². The number of ether oxygens (including phenoxy) is 1. The molecule has 1 amide bonds. The molecule has 0 atom stereocenters. The SMILES string of the molecule is Cc1ccc(-n2nc(C)c(NC(=O)COC(=O)c3ccccc3C)c2C)cc1. The molecule has 0 aliphatic heterocycles. The van der Waals surface area contributed by atoms with Crippen LogP contribution >= 0.6 is 0 Å². The van der Waals surface area contributed by atoms with Gasteiger partial charge in [-0.2, -0.15) is 5.10 Å². The van der Waals surface area contributed by atoms with Crippen molar-refractivity contribution in [2.75, 3.05) is 11.9 Å². The first-order chi connectivity index (χ1) is 13.4. The van der Waals surface area contributed by atoms with Crippen LogP contribution in [0.4, 0.5) is 5.69 Å². The van der Waals surface area contributed by atoms with Gasteiger partial charge in [-0.25, -0.2) is 9.48 Å². The Morgan fingerprint density at radius 2 is 1.68 bits per heavy atom. The molecule has 0 spiro atoms. The van der Waals surface area contributed by atoms with Crippen molar-refractivity contribution in [3.63, 3.8) is 0 Å². The number of hydrogen-bond acceptors (Lipinski definition) is 4. The van der Waals surface area contributed by atoms with E-state index in [0.717, 1.165) is 22.5 Å². The number of benzene rings is 2. The number of nitrogens with one attached hydrogen (secondary N) is 1. The molecule has 6 heteroatoms. The smallest absolute Gasteiger partial charge is 0.338 e. The lowest BCUT2D eigenvalue weighted by Gasteiger charge is -2.09. The second-order valence-electron chi connectivity index (χ2n) is 6.73. The molecule has 0 unspecified atom stereocenters. The Morgan fingerprint density at radius 1 is 1.00 bits per heavy atom. The van der Waals surface area contributed by atoms with E-state index in [1.807, 2.05) is 64.1 Å². The summed E-state index contributed by atoms with van der Waals surface area (Å²) in [5.41, 5.74) is 5.45. The Labute approximate surface area is 164 Å². The largest absolute Gasteiger partial charge is 0.452 e. The van der Waals surface area contributed by atoms with Crippen LogP contribution in [0.5, 0.6) is 0 Å². The Morgan fingerprint density at radius 3 is 2.36 bits per heavy atom. The summed E-state index contributed by atoms with van der Waals surface area (Å²) in [5, 5.41) is 7.31. The molecule has 0 saturated carbocycles. The average Bonchev–Trinajstić information content (AvgIpc) is 2.95. The summed E-state index contributed by atoms with van der Waals surface area (Å²) in [6.07, 6.45) is 0. The van der Waals surface area contributed by atoms with Gasteiger partial charge < -0.3 is 10.1 Å². The number of esters is 1. The number of carbonyl (C=O) groups is 2. The Bertz CT molecular complexity index is 1020. The summed E-state index contributed by atoms with van der Waals surface area (Å²) in [5.74, 6) is -0.923. The van der Waals surface area contributed by atoms with Crippen molar-refractivity contribution in [3.05, 3.63) is 76.6 Å². The van der Waals surface area contributed by atoms with Crippen LogP contribution in [0.2, 0.25) is 0 Å². The van der Waals surface area contributed by atoms with Gasteiger partial charge in [-0.15, -0.1) is 0 Å². The number of hydrogen-bond donors (Lipinski definition) is 1. The predicted octanol–water partition coefficient (Wildman–Crippen LogP) is 3.90. The van der Waals surface area contributed by atoms with Gasteiger partial charge in [-0.05, 0) is 51.5 Å². The van der Waals surface area contributed by atoms with Crippen LogP contribution < -0.4 is 5.32 Å². The molecule has 0 radical (unpaired) electrons. The summed E-state index contributed by atoms with van der Waals surface area (Å²) in [6, 6.07) is 15.1. The number of carbonyl (C=O) groups excluding carboxylic acids is 2. The zero-order valence-electron chi connectivity index (χ0n) is 16.4. The lowest BCUT2D eigenvalue weighted by molar-refractivity contribution is -0.119. The fraction of sp³-hybridized carbons (Fsp3) is 0.227. The maximum atomic E-state index is 12.3. The van der Waals surface area contributed by atoms with Gasteiger partial charge in [0.25, 0.3) is 5.91 Å². The molecule has 0 aliphatic carbocycles. The van der Waals surface area contributed by atoms with Gasteiger partial charge in [-0.1, -0.05) is 35.9 Å². The number of amides is 1. The van der Waals surface area contributed by atoms with E-state index in [9.17, 15) is 9.59 Å². The predicted molar refractivity (Wildman–Crippen MR) is 108 cm³/mol. The Kier molecular flexibility index (Phi) is 5.59. The fourth-order valence-electron chi connectivity index (χ4n) is 2.95. The lowest BCUT2D eigenvalue weighted by atomic mass is 10.1. The first-order valence-corrected chi connectivity index (χ1v) is 9.02. The van der Waals surface area contributed by atoms with E-state index in [2.05, 4.69) is 10.4 Å². The van der Waals surface area contributed by atoms with Gasteiger partial charge >= 0.3 is 5.97 Å². The number of anilines is 1. The van der Waals surface area contributed by atoms with Crippen LogP contribution in [0.1, 0.15) is 32.9 Å². The second kappa shape index (κ2) is 8.08. The van der Waals surface area contributed by atoms with Crippen LogP contribution in [0, 0.1) is 27.7 Å². The van der Waals surface area contributed by atoms with Gasteiger partial charge in [0.1, 0.15) is 0 Å². The van der Waals surface area contributed by atoms with Crippen LogP contribution in [0.3, 0.4) is 0 Å². The topological polar surface area (TPSA) is 73.2 Å². The highest BCUT2D eigenvalue weighted by Crippen LogP contribution is 2.23. The summed E-state index contributed by atoms with van der Waals surface area (Å²) in [7, 11) is 0. The van der Waals surface area contributed by atoms with Crippen molar-refractivity contribution < 1.29 is 14.3 Å². The normalized spacial score (nSPS) is 10.6. The molecule has 3 aromatic rings. The molecule has 0 bridgehead atoms. The number of aromatic nitrogens is 2. The third-order valence-corrected chi connectivity index (χ3v) is 4.53. The molecular formula is C22H23N3O3. The van der Waals surface area contributed by atoms with E-state index in [-0.39, 0.29) is 6.61 Å². The summed E-state index contributed by atoms with van der Waals surface area (Å²) < 4.78 is 6.93. The van der Waals surface area contributed by atoms with Crippen molar-refractivity contribution in [1.29, 1.82) is 0 Å². The lowest BCUT2D eigenvalue weighted by Crippen LogP contribution is -2.21. The third kappa shape index (κ3) is 4.11. The van der Waals surface area contributed by atoms with Gasteiger partial charge in [0.2, 0.25) is 0 Å². The molecule has 1 aromatic heterocycles. The molecule has 1 N–H and O–H groups in total. The second-order valence-corrected chi connectivity index (χ2v) is 6.73. The summed E-state index contributed by atoms with van der Waals surface area (Å²) >= 11 is 0. The van der Waals surface area contributed by atoms with Crippen molar-refractivity contribution in [3.8, 4) is 5.69 Å². The maximum Gasteiger partial charge on any atom is 0.338 e. The highest BCUT2D eigenvalue weighted by Gasteiger charge is 2.17. The minimum atomic E-state index is -0.517. The third-order valence-electron chi connectivity index (χ3n) is 4.53. The van der Waals surface area contributed by atoms with E-state index in [4.69, 9.17) is 4.74 Å². The minimum Gasteiger partial charge on any atom is -0.452 e. The van der Waals surface area contributed by atoms with Gasteiger partial charge in [0.05, 0.1) is 28.3 Å². The minimum absolute atomic E-state index is 0.359. The van der Waals surface area contributed by atoms with Gasteiger partial charge in [-0.3, -0.25) is 4.79 Å². The van der Waals surface area contributed by atoms with Crippen molar-refractivity contribution in [2.45, 2.75) is 27.7 Å². The summed E-state index contributed by atoms with van der Waals surface area (Å²) in [4.78, 5) is 24.5. The first kappa shape index (κ1) is 19.4. The number of nitrogens with zero attached hydrogens (tertiary/aromatic N) is 2. The Hall–Kier alpha value is -3.41. The van der Waals surface area contributed by atoms with Crippen molar-refractivity contribution in [2.24, 2.45) is 0 Å². The van der Waals surface area contributed by atoms with Crippen LogP contribution in [-0.2, 0) is 9.53 Å². The molecular weight excluding hydrogens is 354 g/mol. The van der Waals surface area contributed by atoms with Crippen LogP contribution in [0.25, 0.3) is 5.69 Å². The molecule has 144 valence electrons. The molecule has 1 heterocycles. The standard InChI is InChI=1S/C22H23N3O3/c1-14-9-11-18(12-10-14)25-17(4)21(16(3)24-25)23-20(26)13-28-22(27)19-8-6-5-7-15(19)2/h5-12H,13H2,1-4H3,(H,23,26). The van der Waals surface area contributed by atoms with E-state index in [0.29, 0.717) is 16.9 Å². The van der Waals surface area contributed by atoms with Crippen LogP contribution in [-0.4, -0.2) is 28.3 Å². The maximum absolute atomic E-state index is 12.3. The van der Waals surface area contributed by atoms with E-state index in [1.54, 1.807) is 16.8 Å². The van der Waals surface area contributed by atoms with Crippen molar-refractivity contribution >= 4 is 17.6 Å². The van der Waals surface area contributed by atoms with E-state index >= 15 is 0 Å². The molecule has 0 saturated heterocycles. The average molecular weight is 377 g/mol. The van der Waals surface area contributed by atoms with E-state index < -0.39 is 11.9 Å². The molecule has 0 fully saturated rings. The Balaban J connectivity index is 1.68. The quantitative estimate of drug-likeness (QED) is 0.685. The van der Waals surface area contributed by atoms with Gasteiger partial charge in [0.15, 0.2) is 6.61 Å². The molecule has 3 rings (SSSR count).